The third kappa shape index (κ3) is 3.57. The molecule has 1 unspecified atom stereocenters. The molecule has 3 nitrogen and oxygen atoms in total. The van der Waals surface area contributed by atoms with Crippen molar-refractivity contribution >= 4 is 5.91 Å². The maximum Gasteiger partial charge on any atom is 0.223 e. The maximum atomic E-state index is 12.3. The standard InChI is InChI=1S/C16H24N2O/c1-12(2)15(13-6-4-3-5-7-13)10-16(19)18-9-8-14(17)11-18/h3-7,12,14-15H,8-11,17H2,1-2H3/t14-,15?/m1/s1. The number of amides is 1. The molecule has 0 bridgehead atoms. The van der Waals surface area contributed by atoms with Gasteiger partial charge in [-0.05, 0) is 23.8 Å². The van der Waals surface area contributed by atoms with Gasteiger partial charge in [-0.15, -0.1) is 0 Å². The van der Waals surface area contributed by atoms with Crippen molar-refractivity contribution in [2.45, 2.75) is 38.6 Å². The Bertz CT molecular complexity index is 416. The number of hydrogen-bond acceptors (Lipinski definition) is 2. The van der Waals surface area contributed by atoms with Gasteiger partial charge in [-0.25, -0.2) is 0 Å². The van der Waals surface area contributed by atoms with E-state index >= 15 is 0 Å². The van der Waals surface area contributed by atoms with Crippen LogP contribution in [0.4, 0.5) is 0 Å². The van der Waals surface area contributed by atoms with Crippen molar-refractivity contribution in [3.63, 3.8) is 0 Å². The van der Waals surface area contributed by atoms with Crippen LogP contribution in [0.2, 0.25) is 0 Å². The highest BCUT2D eigenvalue weighted by molar-refractivity contribution is 5.77. The van der Waals surface area contributed by atoms with Crippen LogP contribution in [0, 0.1) is 5.92 Å². The summed E-state index contributed by atoms with van der Waals surface area (Å²) in [5, 5.41) is 0. The number of likely N-dealkylation sites (tertiary alicyclic amines) is 1. The molecule has 1 saturated heterocycles. The Morgan fingerprint density at radius 3 is 2.58 bits per heavy atom. The molecule has 2 rings (SSSR count). The van der Waals surface area contributed by atoms with Gasteiger partial charge in [0.25, 0.3) is 0 Å². The zero-order chi connectivity index (χ0) is 13.8. The van der Waals surface area contributed by atoms with E-state index in [4.69, 9.17) is 5.73 Å². The Kier molecular flexibility index (Phi) is 4.59. The molecule has 2 atom stereocenters. The van der Waals surface area contributed by atoms with Crippen molar-refractivity contribution in [1.82, 2.24) is 4.90 Å². The van der Waals surface area contributed by atoms with E-state index in [0.717, 1.165) is 19.5 Å². The highest BCUT2D eigenvalue weighted by atomic mass is 16.2. The number of rotatable bonds is 4. The summed E-state index contributed by atoms with van der Waals surface area (Å²) in [6.45, 7) is 5.90. The second-order valence-corrected chi connectivity index (χ2v) is 5.85. The normalized spacial score (nSPS) is 20.8. The van der Waals surface area contributed by atoms with Crippen molar-refractivity contribution in [3.8, 4) is 0 Å². The van der Waals surface area contributed by atoms with Crippen LogP contribution in [0.15, 0.2) is 30.3 Å². The summed E-state index contributed by atoms with van der Waals surface area (Å²) in [4.78, 5) is 14.3. The molecule has 1 heterocycles. The first kappa shape index (κ1) is 14.1. The zero-order valence-electron chi connectivity index (χ0n) is 11.9. The summed E-state index contributed by atoms with van der Waals surface area (Å²) in [6, 6.07) is 10.5. The Balaban J connectivity index is 2.03. The molecule has 2 N–H and O–H groups in total. The monoisotopic (exact) mass is 260 g/mol. The van der Waals surface area contributed by atoms with Crippen LogP contribution in [-0.4, -0.2) is 29.9 Å². The zero-order valence-corrected chi connectivity index (χ0v) is 11.9. The quantitative estimate of drug-likeness (QED) is 0.903. The van der Waals surface area contributed by atoms with Crippen LogP contribution in [0.3, 0.4) is 0 Å². The molecule has 1 aromatic rings. The van der Waals surface area contributed by atoms with Crippen LogP contribution in [-0.2, 0) is 4.79 Å². The minimum atomic E-state index is 0.165. The number of hydrogen-bond donors (Lipinski definition) is 1. The summed E-state index contributed by atoms with van der Waals surface area (Å²) in [7, 11) is 0. The van der Waals surface area contributed by atoms with Crippen molar-refractivity contribution < 1.29 is 4.79 Å². The largest absolute Gasteiger partial charge is 0.341 e. The third-order valence-corrected chi connectivity index (χ3v) is 4.00. The van der Waals surface area contributed by atoms with Gasteiger partial charge in [-0.2, -0.15) is 0 Å². The van der Waals surface area contributed by atoms with Gasteiger partial charge in [0.15, 0.2) is 0 Å². The van der Waals surface area contributed by atoms with E-state index in [2.05, 4.69) is 26.0 Å². The average Bonchev–Trinajstić information content (AvgIpc) is 2.83. The number of carbonyl (C=O) groups is 1. The minimum absolute atomic E-state index is 0.165. The van der Waals surface area contributed by atoms with E-state index in [-0.39, 0.29) is 11.9 Å². The fourth-order valence-electron chi connectivity index (χ4n) is 2.77. The Labute approximate surface area is 115 Å². The topological polar surface area (TPSA) is 46.3 Å². The summed E-state index contributed by atoms with van der Waals surface area (Å²) >= 11 is 0. The lowest BCUT2D eigenvalue weighted by molar-refractivity contribution is -0.130. The highest BCUT2D eigenvalue weighted by Gasteiger charge is 2.27. The van der Waals surface area contributed by atoms with Crippen LogP contribution >= 0.6 is 0 Å². The molecular formula is C16H24N2O. The van der Waals surface area contributed by atoms with Gasteiger partial charge in [-0.1, -0.05) is 44.2 Å². The van der Waals surface area contributed by atoms with Crippen molar-refractivity contribution in [3.05, 3.63) is 35.9 Å². The van der Waals surface area contributed by atoms with Gasteiger partial charge in [0, 0.05) is 25.6 Å². The average molecular weight is 260 g/mol. The lowest BCUT2D eigenvalue weighted by Gasteiger charge is -2.24. The molecule has 104 valence electrons. The van der Waals surface area contributed by atoms with Crippen LogP contribution < -0.4 is 5.73 Å². The first-order chi connectivity index (χ1) is 9.08. The lowest BCUT2D eigenvalue weighted by Crippen LogP contribution is -2.33. The molecule has 1 amide bonds. The Morgan fingerprint density at radius 2 is 2.05 bits per heavy atom. The highest BCUT2D eigenvalue weighted by Crippen LogP contribution is 2.28. The van der Waals surface area contributed by atoms with Gasteiger partial charge in [0.1, 0.15) is 0 Å². The number of benzene rings is 1. The van der Waals surface area contributed by atoms with Crippen molar-refractivity contribution in [1.29, 1.82) is 0 Å². The fourth-order valence-corrected chi connectivity index (χ4v) is 2.77. The van der Waals surface area contributed by atoms with E-state index in [0.29, 0.717) is 18.3 Å². The number of nitrogens with zero attached hydrogens (tertiary/aromatic N) is 1. The third-order valence-electron chi connectivity index (χ3n) is 4.00. The van der Waals surface area contributed by atoms with Crippen LogP contribution in [0.5, 0.6) is 0 Å². The lowest BCUT2D eigenvalue weighted by atomic mass is 9.85. The van der Waals surface area contributed by atoms with Crippen molar-refractivity contribution in [2.75, 3.05) is 13.1 Å². The smallest absolute Gasteiger partial charge is 0.223 e. The van der Waals surface area contributed by atoms with E-state index in [9.17, 15) is 4.79 Å². The maximum absolute atomic E-state index is 12.3. The van der Waals surface area contributed by atoms with Gasteiger partial charge in [0.2, 0.25) is 5.91 Å². The predicted octanol–water partition coefficient (Wildman–Crippen LogP) is 2.38. The summed E-state index contributed by atoms with van der Waals surface area (Å²) < 4.78 is 0. The van der Waals surface area contributed by atoms with Gasteiger partial charge in [-0.3, -0.25) is 4.79 Å². The fraction of sp³-hybridized carbons (Fsp3) is 0.562. The molecule has 0 aliphatic carbocycles. The molecule has 3 heteroatoms. The molecule has 0 aromatic heterocycles. The van der Waals surface area contributed by atoms with Gasteiger partial charge < -0.3 is 10.6 Å². The predicted molar refractivity (Wildman–Crippen MR) is 77.8 cm³/mol. The van der Waals surface area contributed by atoms with Gasteiger partial charge in [0.05, 0.1) is 0 Å². The molecule has 1 aliphatic rings. The molecule has 1 fully saturated rings. The van der Waals surface area contributed by atoms with E-state index in [1.54, 1.807) is 0 Å². The Hall–Kier alpha value is -1.35. The Morgan fingerprint density at radius 1 is 1.37 bits per heavy atom. The van der Waals surface area contributed by atoms with Crippen LogP contribution in [0.1, 0.15) is 38.2 Å². The molecule has 1 aliphatic heterocycles. The summed E-state index contributed by atoms with van der Waals surface area (Å²) in [5.41, 5.74) is 7.13. The SMILES string of the molecule is CC(C)C(CC(=O)N1CC[C@@H](N)C1)c1ccccc1. The van der Waals surface area contributed by atoms with Gasteiger partial charge >= 0.3 is 0 Å². The second-order valence-electron chi connectivity index (χ2n) is 5.85. The number of nitrogens with two attached hydrogens (primary N) is 1. The molecule has 19 heavy (non-hydrogen) atoms. The minimum Gasteiger partial charge on any atom is -0.341 e. The molecular weight excluding hydrogens is 236 g/mol. The van der Waals surface area contributed by atoms with Crippen molar-refractivity contribution in [2.24, 2.45) is 11.7 Å². The van der Waals surface area contributed by atoms with E-state index in [1.807, 2.05) is 23.1 Å². The molecule has 0 spiro atoms. The van der Waals surface area contributed by atoms with E-state index < -0.39 is 0 Å². The first-order valence-corrected chi connectivity index (χ1v) is 7.16. The van der Waals surface area contributed by atoms with E-state index in [1.165, 1.54) is 5.56 Å². The second kappa shape index (κ2) is 6.20. The number of carbonyl (C=O) groups excluding carboxylic acids is 1. The molecule has 0 saturated carbocycles. The molecule has 1 aromatic carbocycles. The summed E-state index contributed by atoms with van der Waals surface area (Å²) in [6.07, 6.45) is 1.53. The first-order valence-electron chi connectivity index (χ1n) is 7.16. The van der Waals surface area contributed by atoms with Crippen LogP contribution in [0.25, 0.3) is 0 Å². The summed E-state index contributed by atoms with van der Waals surface area (Å²) in [5.74, 6) is 1.00. The molecule has 0 radical (unpaired) electrons.